The van der Waals surface area contributed by atoms with Crippen LogP contribution < -0.4 is 10.2 Å². The van der Waals surface area contributed by atoms with E-state index in [1.807, 2.05) is 6.07 Å². The standard InChI is InChI=1S/C16H23N3O2/c1-20-9-5-18-13-14-3-4-16(15(11-14)12-17)19-6-2-8-21-10-7-19/h3-4,11,18H,2,5-10,13H2,1H3. The van der Waals surface area contributed by atoms with E-state index in [-0.39, 0.29) is 0 Å². The van der Waals surface area contributed by atoms with E-state index in [1.54, 1.807) is 7.11 Å². The van der Waals surface area contributed by atoms with Gasteiger partial charge in [0.2, 0.25) is 0 Å². The summed E-state index contributed by atoms with van der Waals surface area (Å²) < 4.78 is 10.5. The van der Waals surface area contributed by atoms with Crippen molar-refractivity contribution < 1.29 is 9.47 Å². The minimum Gasteiger partial charge on any atom is -0.383 e. The number of nitrogens with one attached hydrogen (secondary N) is 1. The van der Waals surface area contributed by atoms with Crippen LogP contribution in [0.2, 0.25) is 0 Å². The van der Waals surface area contributed by atoms with Crippen LogP contribution in [-0.2, 0) is 16.0 Å². The van der Waals surface area contributed by atoms with Crippen LogP contribution in [0.1, 0.15) is 17.5 Å². The Hall–Kier alpha value is -1.61. The van der Waals surface area contributed by atoms with Gasteiger partial charge in [0, 0.05) is 39.9 Å². The summed E-state index contributed by atoms with van der Waals surface area (Å²) in [4.78, 5) is 2.24. The maximum Gasteiger partial charge on any atom is 0.101 e. The van der Waals surface area contributed by atoms with E-state index in [0.717, 1.165) is 62.6 Å². The third kappa shape index (κ3) is 4.71. The monoisotopic (exact) mass is 289 g/mol. The highest BCUT2D eigenvalue weighted by Crippen LogP contribution is 2.22. The van der Waals surface area contributed by atoms with E-state index in [2.05, 4.69) is 28.4 Å². The van der Waals surface area contributed by atoms with Crippen molar-refractivity contribution in [3.05, 3.63) is 29.3 Å². The molecule has 21 heavy (non-hydrogen) atoms. The molecule has 5 nitrogen and oxygen atoms in total. The molecule has 114 valence electrons. The summed E-state index contributed by atoms with van der Waals surface area (Å²) >= 11 is 0. The molecule has 1 aliphatic rings. The minimum atomic E-state index is 0.691. The van der Waals surface area contributed by atoms with E-state index in [9.17, 15) is 5.26 Å². The van der Waals surface area contributed by atoms with E-state index in [4.69, 9.17) is 9.47 Å². The zero-order valence-electron chi connectivity index (χ0n) is 12.6. The number of hydrogen-bond donors (Lipinski definition) is 1. The van der Waals surface area contributed by atoms with Crippen molar-refractivity contribution in [3.63, 3.8) is 0 Å². The molecule has 1 heterocycles. The van der Waals surface area contributed by atoms with E-state index >= 15 is 0 Å². The molecule has 0 amide bonds. The van der Waals surface area contributed by atoms with Gasteiger partial charge in [-0.15, -0.1) is 0 Å². The molecule has 1 aromatic carbocycles. The number of benzene rings is 1. The Morgan fingerprint density at radius 2 is 2.29 bits per heavy atom. The molecule has 0 bridgehead atoms. The average molecular weight is 289 g/mol. The minimum absolute atomic E-state index is 0.691. The van der Waals surface area contributed by atoms with Crippen LogP contribution in [0.25, 0.3) is 0 Å². The van der Waals surface area contributed by atoms with Crippen molar-refractivity contribution in [3.8, 4) is 6.07 Å². The number of rotatable bonds is 6. The van der Waals surface area contributed by atoms with E-state index < -0.39 is 0 Å². The maximum atomic E-state index is 9.41. The first-order chi connectivity index (χ1) is 10.3. The zero-order valence-corrected chi connectivity index (χ0v) is 12.6. The topological polar surface area (TPSA) is 57.5 Å². The lowest BCUT2D eigenvalue weighted by Gasteiger charge is -2.23. The van der Waals surface area contributed by atoms with Crippen molar-refractivity contribution in [2.45, 2.75) is 13.0 Å². The van der Waals surface area contributed by atoms with Crippen molar-refractivity contribution in [2.75, 3.05) is 51.5 Å². The van der Waals surface area contributed by atoms with Gasteiger partial charge < -0.3 is 19.7 Å². The maximum absolute atomic E-state index is 9.41. The first kappa shape index (κ1) is 15.8. The molecule has 5 heteroatoms. The fourth-order valence-electron chi connectivity index (χ4n) is 2.45. The number of methoxy groups -OCH3 is 1. The molecule has 1 aromatic rings. The normalized spacial score (nSPS) is 15.5. The summed E-state index contributed by atoms with van der Waals surface area (Å²) in [5.74, 6) is 0. The van der Waals surface area contributed by atoms with Gasteiger partial charge >= 0.3 is 0 Å². The SMILES string of the molecule is COCCNCc1ccc(N2CCCOCC2)c(C#N)c1. The largest absolute Gasteiger partial charge is 0.383 e. The Bertz CT molecular complexity index is 477. The Balaban J connectivity index is 2.03. The van der Waals surface area contributed by atoms with Gasteiger partial charge in [-0.3, -0.25) is 0 Å². The van der Waals surface area contributed by atoms with E-state index in [1.165, 1.54) is 0 Å². The second-order valence-corrected chi connectivity index (χ2v) is 5.09. The molecular weight excluding hydrogens is 266 g/mol. The summed E-state index contributed by atoms with van der Waals surface area (Å²) in [5.41, 5.74) is 2.88. The Labute approximate surface area is 126 Å². The molecule has 2 rings (SSSR count). The fraction of sp³-hybridized carbons (Fsp3) is 0.562. The molecule has 0 saturated carbocycles. The lowest BCUT2D eigenvalue weighted by Crippen LogP contribution is -2.26. The van der Waals surface area contributed by atoms with Gasteiger partial charge in [-0.2, -0.15) is 5.26 Å². The van der Waals surface area contributed by atoms with Crippen LogP contribution in [0.5, 0.6) is 0 Å². The summed E-state index contributed by atoms with van der Waals surface area (Å²) in [6.07, 6.45) is 1.01. The zero-order chi connectivity index (χ0) is 14.9. The van der Waals surface area contributed by atoms with Gasteiger partial charge in [0.15, 0.2) is 0 Å². The number of anilines is 1. The lowest BCUT2D eigenvalue weighted by molar-refractivity contribution is 0.152. The van der Waals surface area contributed by atoms with Gasteiger partial charge in [-0.25, -0.2) is 0 Å². The quantitative estimate of drug-likeness (QED) is 0.805. The number of nitriles is 1. The first-order valence-electron chi connectivity index (χ1n) is 7.40. The van der Waals surface area contributed by atoms with Crippen LogP contribution in [0.4, 0.5) is 5.69 Å². The fourth-order valence-corrected chi connectivity index (χ4v) is 2.45. The van der Waals surface area contributed by atoms with Gasteiger partial charge in [-0.05, 0) is 24.1 Å². The van der Waals surface area contributed by atoms with Gasteiger partial charge in [0.25, 0.3) is 0 Å². The molecule has 1 saturated heterocycles. The first-order valence-corrected chi connectivity index (χ1v) is 7.40. The molecule has 0 aliphatic carbocycles. The second kappa shape index (κ2) is 8.63. The van der Waals surface area contributed by atoms with Crippen LogP contribution in [0.15, 0.2) is 18.2 Å². The summed E-state index contributed by atoms with van der Waals surface area (Å²) in [6.45, 7) is 5.58. The lowest BCUT2D eigenvalue weighted by atomic mass is 10.1. The van der Waals surface area contributed by atoms with Gasteiger partial charge in [-0.1, -0.05) is 6.07 Å². The molecule has 1 fully saturated rings. The van der Waals surface area contributed by atoms with Gasteiger partial charge in [0.05, 0.1) is 24.5 Å². The van der Waals surface area contributed by atoms with Crippen molar-refractivity contribution in [1.29, 1.82) is 5.26 Å². The molecule has 1 aliphatic heterocycles. The van der Waals surface area contributed by atoms with Crippen molar-refractivity contribution in [2.24, 2.45) is 0 Å². The molecule has 1 N–H and O–H groups in total. The Kier molecular flexibility index (Phi) is 6.48. The van der Waals surface area contributed by atoms with Crippen LogP contribution in [0.3, 0.4) is 0 Å². The Morgan fingerprint density at radius 3 is 3.10 bits per heavy atom. The van der Waals surface area contributed by atoms with Crippen LogP contribution >= 0.6 is 0 Å². The highest BCUT2D eigenvalue weighted by molar-refractivity contribution is 5.60. The van der Waals surface area contributed by atoms with E-state index in [0.29, 0.717) is 6.61 Å². The molecular formula is C16H23N3O2. The molecule has 0 spiro atoms. The number of hydrogen-bond acceptors (Lipinski definition) is 5. The summed E-state index contributed by atoms with van der Waals surface area (Å²) in [7, 11) is 1.69. The average Bonchev–Trinajstić information content (AvgIpc) is 2.80. The molecule has 0 radical (unpaired) electrons. The Morgan fingerprint density at radius 1 is 1.38 bits per heavy atom. The predicted octanol–water partition coefficient (Wildman–Crippen LogP) is 1.52. The van der Waals surface area contributed by atoms with Crippen molar-refractivity contribution >= 4 is 5.69 Å². The van der Waals surface area contributed by atoms with Crippen LogP contribution in [0, 0.1) is 11.3 Å². The summed E-state index contributed by atoms with van der Waals surface area (Å²) in [5, 5.41) is 12.7. The second-order valence-electron chi connectivity index (χ2n) is 5.09. The van der Waals surface area contributed by atoms with Gasteiger partial charge in [0.1, 0.15) is 6.07 Å². The molecule has 0 unspecified atom stereocenters. The predicted molar refractivity (Wildman–Crippen MR) is 82.4 cm³/mol. The summed E-state index contributed by atoms with van der Waals surface area (Å²) in [6, 6.07) is 8.43. The smallest absolute Gasteiger partial charge is 0.101 e. The number of ether oxygens (including phenoxy) is 2. The highest BCUT2D eigenvalue weighted by atomic mass is 16.5. The molecule has 0 atom stereocenters. The van der Waals surface area contributed by atoms with Crippen LogP contribution in [-0.4, -0.2) is 46.6 Å². The highest BCUT2D eigenvalue weighted by Gasteiger charge is 2.14. The third-order valence-electron chi connectivity index (χ3n) is 3.56. The number of nitrogens with zero attached hydrogens (tertiary/aromatic N) is 2. The molecule has 0 aromatic heterocycles. The third-order valence-corrected chi connectivity index (χ3v) is 3.56. The van der Waals surface area contributed by atoms with Crippen molar-refractivity contribution in [1.82, 2.24) is 5.32 Å².